The number of fused-ring (bicyclic) bond motifs is 5. The largest absolute Gasteiger partial charge is 0.462 e. The molecule has 12 heteroatoms. The van der Waals surface area contributed by atoms with Gasteiger partial charge >= 0.3 is 23.9 Å². The lowest BCUT2D eigenvalue weighted by Gasteiger charge is -2.59. The van der Waals surface area contributed by atoms with Gasteiger partial charge in [0.15, 0.2) is 18.5 Å². The van der Waals surface area contributed by atoms with E-state index in [1.807, 2.05) is 19.9 Å². The Kier molecular flexibility index (Phi) is 29.8. The Labute approximate surface area is 463 Å². The normalized spacial score (nSPS) is 26.2. The lowest BCUT2D eigenvalue weighted by molar-refractivity contribution is -0.186. The predicted octanol–water partition coefficient (Wildman–Crippen LogP) is 13.8. The molecular formula is C65H100O12. The molecule has 0 aromatic heterocycles. The van der Waals surface area contributed by atoms with E-state index in [1.54, 1.807) is 12.2 Å². The number of ketones is 2. The topological polar surface area (TPSA) is 180 Å². The van der Waals surface area contributed by atoms with E-state index in [0.29, 0.717) is 25.7 Å². The molecule has 12 nitrogen and oxygen atoms in total. The standard InChI is InChI=1S/C65H100O12/c1-6-8-10-12-14-16-18-20-22-24-26-28-30-32-34-36-58(69)74-47-53(77-61(72)37-35-33-31-29-27-25-23-21-19-17-15-13-11-9-7-2)48-75-59(70)40-41-60(71)76-49-57(68)65(73)50(3)44-55-54-39-38-51-45-52(66)42-43-63(51,4)62(54)56(67)46-64(55,65)5/h14-17,20-23,42-43,45,50,53-56,62,67,73H,6-13,18-19,24-41,44,46-49H2,1-5H3/b16-14-,17-15-,22-20-,23-21-/t50-,53-,54+,55?,56+,62?,63+,64+,65+/m1/s1. The molecule has 2 unspecified atom stereocenters. The van der Waals surface area contributed by atoms with Gasteiger partial charge in [-0.3, -0.25) is 28.8 Å². The van der Waals surface area contributed by atoms with Crippen LogP contribution in [0.15, 0.2) is 72.4 Å². The Balaban J connectivity index is 1.18. The molecule has 0 bridgehead atoms. The monoisotopic (exact) mass is 1070 g/mol. The summed E-state index contributed by atoms with van der Waals surface area (Å²) < 4.78 is 22.0. The van der Waals surface area contributed by atoms with E-state index >= 15 is 0 Å². The van der Waals surface area contributed by atoms with E-state index in [4.69, 9.17) is 18.9 Å². The first kappa shape index (κ1) is 65.1. The predicted molar refractivity (Wildman–Crippen MR) is 303 cm³/mol. The summed E-state index contributed by atoms with van der Waals surface area (Å²) in [6, 6.07) is 0. The van der Waals surface area contributed by atoms with Crippen LogP contribution in [-0.4, -0.2) is 83.3 Å². The Bertz CT molecular complexity index is 2030. The number of unbranched alkanes of at least 4 members (excludes halogenated alkanes) is 16. The first-order valence-corrected chi connectivity index (χ1v) is 30.2. The van der Waals surface area contributed by atoms with Gasteiger partial charge in [0.25, 0.3) is 0 Å². The number of aliphatic hydroxyl groups is 2. The molecule has 2 N–H and O–H groups in total. The summed E-state index contributed by atoms with van der Waals surface area (Å²) in [6.07, 6.45) is 46.3. The van der Waals surface area contributed by atoms with Crippen LogP contribution in [0.2, 0.25) is 0 Å². The Morgan fingerprint density at radius 1 is 0.649 bits per heavy atom. The molecule has 0 heterocycles. The quantitative estimate of drug-likeness (QED) is 0.0258. The zero-order chi connectivity index (χ0) is 55.9. The summed E-state index contributed by atoms with van der Waals surface area (Å²) in [5.41, 5.74) is -2.32. The lowest BCUT2D eigenvalue weighted by Crippen LogP contribution is -2.62. The van der Waals surface area contributed by atoms with Crippen molar-refractivity contribution < 1.29 is 57.9 Å². The summed E-state index contributed by atoms with van der Waals surface area (Å²) in [7, 11) is 0. The van der Waals surface area contributed by atoms with Crippen LogP contribution in [0, 0.1) is 34.5 Å². The molecule has 0 saturated heterocycles. The maximum atomic E-state index is 14.0. The van der Waals surface area contributed by atoms with Crippen molar-refractivity contribution >= 4 is 35.4 Å². The molecule has 4 aliphatic carbocycles. The van der Waals surface area contributed by atoms with Crippen molar-refractivity contribution in [2.45, 2.75) is 245 Å². The van der Waals surface area contributed by atoms with Gasteiger partial charge in [-0.25, -0.2) is 0 Å². The smallest absolute Gasteiger partial charge is 0.306 e. The Hall–Kier alpha value is -4.42. The lowest BCUT2D eigenvalue weighted by atomic mass is 9.46. The highest BCUT2D eigenvalue weighted by Gasteiger charge is 2.70. The fourth-order valence-corrected chi connectivity index (χ4v) is 12.8. The highest BCUT2D eigenvalue weighted by atomic mass is 16.6. The van der Waals surface area contributed by atoms with Crippen molar-refractivity contribution in [2.24, 2.45) is 34.5 Å². The average molecular weight is 1070 g/mol. The second-order valence-corrected chi connectivity index (χ2v) is 23.1. The Morgan fingerprint density at radius 3 is 1.68 bits per heavy atom. The number of allylic oxidation sites excluding steroid dienone is 12. The summed E-state index contributed by atoms with van der Waals surface area (Å²) >= 11 is 0. The molecule has 0 aromatic carbocycles. The zero-order valence-electron chi connectivity index (χ0n) is 48.1. The molecular weight excluding hydrogens is 973 g/mol. The minimum absolute atomic E-state index is 0.00739. The maximum absolute atomic E-state index is 14.0. The third-order valence-corrected chi connectivity index (χ3v) is 17.2. The number of carbonyl (C=O) groups is 6. The minimum atomic E-state index is -1.86. The van der Waals surface area contributed by atoms with Gasteiger partial charge in [-0.2, -0.15) is 0 Å². The molecule has 4 aliphatic rings. The highest BCUT2D eigenvalue weighted by molar-refractivity contribution is 6.01. The summed E-state index contributed by atoms with van der Waals surface area (Å²) in [4.78, 5) is 77.9. The SMILES string of the molecule is CCCCC/C=C\C/C=C\CCCCCCCC(=O)OC[C@H](COC(=O)CCC(=O)OCC(=O)[C@@]1(O)[C@H](C)CC2[C@@H]3CCC4=CC(=O)C=C[C@]4(C)C3[C@@H](O)C[C@@]21C)OC(=O)CCCCCCC/C=C\C/C=C\CCCCC. The van der Waals surface area contributed by atoms with Crippen LogP contribution >= 0.6 is 0 Å². The van der Waals surface area contributed by atoms with Gasteiger partial charge in [0.05, 0.1) is 18.9 Å². The first-order valence-electron chi connectivity index (χ1n) is 30.2. The van der Waals surface area contributed by atoms with E-state index in [0.717, 1.165) is 102 Å². The molecule has 9 atom stereocenters. The van der Waals surface area contributed by atoms with Crippen molar-refractivity contribution in [1.29, 1.82) is 0 Å². The maximum Gasteiger partial charge on any atom is 0.306 e. The molecule has 4 rings (SSSR count). The minimum Gasteiger partial charge on any atom is -0.462 e. The number of Topliss-reactive ketones (excluding diaryl/α,β-unsaturated/α-hetero) is 1. The molecule has 77 heavy (non-hydrogen) atoms. The number of hydrogen-bond donors (Lipinski definition) is 2. The molecule has 0 amide bonds. The second kappa shape index (κ2) is 35.2. The number of rotatable bonds is 39. The molecule has 3 saturated carbocycles. The van der Waals surface area contributed by atoms with E-state index in [1.165, 1.54) is 38.5 Å². The van der Waals surface area contributed by atoms with Crippen molar-refractivity contribution in [2.75, 3.05) is 19.8 Å². The average Bonchev–Trinajstić information content (AvgIpc) is 3.88. The number of aliphatic hydroxyl groups excluding tert-OH is 1. The fourth-order valence-electron chi connectivity index (χ4n) is 12.8. The van der Waals surface area contributed by atoms with E-state index < -0.39 is 77.2 Å². The van der Waals surface area contributed by atoms with Crippen LogP contribution in [0.25, 0.3) is 0 Å². The van der Waals surface area contributed by atoms with Gasteiger partial charge in [0.1, 0.15) is 18.8 Å². The summed E-state index contributed by atoms with van der Waals surface area (Å²) in [5.74, 6) is -3.89. The molecule has 0 aliphatic heterocycles. The van der Waals surface area contributed by atoms with Gasteiger partial charge in [-0.05, 0) is 133 Å². The number of carbonyl (C=O) groups excluding carboxylic acids is 6. The molecule has 432 valence electrons. The molecule has 3 fully saturated rings. The van der Waals surface area contributed by atoms with Crippen LogP contribution in [0.3, 0.4) is 0 Å². The van der Waals surface area contributed by atoms with Gasteiger partial charge < -0.3 is 29.2 Å². The fraction of sp³-hybridized carbons (Fsp3) is 0.723. The number of ether oxygens (including phenoxy) is 4. The van der Waals surface area contributed by atoms with Gasteiger partial charge in [0.2, 0.25) is 5.78 Å². The van der Waals surface area contributed by atoms with Crippen molar-refractivity contribution in [3.8, 4) is 0 Å². The molecule has 0 radical (unpaired) electrons. The van der Waals surface area contributed by atoms with Gasteiger partial charge in [-0.1, -0.05) is 159 Å². The van der Waals surface area contributed by atoms with Crippen molar-refractivity contribution in [3.63, 3.8) is 0 Å². The van der Waals surface area contributed by atoms with E-state index in [2.05, 4.69) is 69.4 Å². The zero-order valence-corrected chi connectivity index (χ0v) is 48.1. The van der Waals surface area contributed by atoms with E-state index in [9.17, 15) is 39.0 Å². The Morgan fingerprint density at radius 2 is 1.13 bits per heavy atom. The molecule has 0 aromatic rings. The van der Waals surface area contributed by atoms with Crippen LogP contribution in [0.4, 0.5) is 0 Å². The molecule has 0 spiro atoms. The van der Waals surface area contributed by atoms with E-state index in [-0.39, 0.29) is 62.4 Å². The first-order chi connectivity index (χ1) is 37.1. The van der Waals surface area contributed by atoms with Gasteiger partial charge in [-0.15, -0.1) is 0 Å². The third-order valence-electron chi connectivity index (χ3n) is 17.2. The van der Waals surface area contributed by atoms with Crippen LogP contribution in [0.1, 0.15) is 227 Å². The van der Waals surface area contributed by atoms with Crippen molar-refractivity contribution in [1.82, 2.24) is 0 Å². The van der Waals surface area contributed by atoms with Crippen molar-refractivity contribution in [3.05, 3.63) is 72.4 Å². The summed E-state index contributed by atoms with van der Waals surface area (Å²) in [5, 5.41) is 24.1. The number of esters is 4. The van der Waals surface area contributed by atoms with Crippen LogP contribution in [0.5, 0.6) is 0 Å². The van der Waals surface area contributed by atoms with Crippen LogP contribution in [-0.2, 0) is 47.7 Å². The second-order valence-electron chi connectivity index (χ2n) is 23.1. The third kappa shape index (κ3) is 21.0. The summed E-state index contributed by atoms with van der Waals surface area (Å²) in [6.45, 7) is 8.86. The highest BCUT2D eigenvalue weighted by Crippen LogP contribution is 2.68. The van der Waals surface area contributed by atoms with Crippen LogP contribution < -0.4 is 0 Å². The number of hydrogen-bond acceptors (Lipinski definition) is 12. The van der Waals surface area contributed by atoms with Gasteiger partial charge in [0, 0.05) is 29.6 Å².